The van der Waals surface area contributed by atoms with E-state index in [9.17, 15) is 9.59 Å². The van der Waals surface area contributed by atoms with Crippen molar-refractivity contribution in [3.05, 3.63) is 47.3 Å². The summed E-state index contributed by atoms with van der Waals surface area (Å²) in [4.78, 5) is 29.4. The van der Waals surface area contributed by atoms with Crippen LogP contribution in [0.2, 0.25) is 0 Å². The standard InChI is InChI=1S/C21H25N3O3/c1-3-24(18-6-8-27-9-7-18)20-11-16(10-19(14(20)2)21(22)26)15-4-5-17(13-25)23-12-15/h4-5,10-13,18H,3,6-9H2,1-2H3,(H2,22,26). The fourth-order valence-electron chi connectivity index (χ4n) is 3.69. The van der Waals surface area contributed by atoms with Crippen molar-refractivity contribution >= 4 is 17.9 Å². The number of pyridine rings is 1. The summed E-state index contributed by atoms with van der Waals surface area (Å²) in [5.41, 5.74) is 10.1. The molecule has 142 valence electrons. The van der Waals surface area contributed by atoms with Gasteiger partial charge in [0, 0.05) is 48.8 Å². The summed E-state index contributed by atoms with van der Waals surface area (Å²) in [5, 5.41) is 0. The number of rotatable bonds is 6. The van der Waals surface area contributed by atoms with Crippen LogP contribution in [0.4, 0.5) is 5.69 Å². The molecule has 1 amide bonds. The highest BCUT2D eigenvalue weighted by Crippen LogP contribution is 2.33. The molecule has 1 aliphatic heterocycles. The van der Waals surface area contributed by atoms with Crippen LogP contribution in [0.15, 0.2) is 30.5 Å². The highest BCUT2D eigenvalue weighted by Gasteiger charge is 2.24. The van der Waals surface area contributed by atoms with E-state index in [1.165, 1.54) is 0 Å². The molecule has 0 spiro atoms. The lowest BCUT2D eigenvalue weighted by molar-refractivity contribution is 0.0846. The van der Waals surface area contributed by atoms with Gasteiger partial charge in [0.1, 0.15) is 5.69 Å². The first-order valence-corrected chi connectivity index (χ1v) is 9.25. The molecule has 2 aromatic rings. The minimum absolute atomic E-state index is 0.369. The third kappa shape index (κ3) is 4.01. The average Bonchev–Trinajstić information content (AvgIpc) is 2.70. The third-order valence-corrected chi connectivity index (χ3v) is 5.17. The van der Waals surface area contributed by atoms with Crippen LogP contribution < -0.4 is 10.6 Å². The second-order valence-electron chi connectivity index (χ2n) is 6.75. The van der Waals surface area contributed by atoms with Gasteiger partial charge in [-0.15, -0.1) is 0 Å². The topological polar surface area (TPSA) is 85.5 Å². The van der Waals surface area contributed by atoms with Crippen LogP contribution in [0.3, 0.4) is 0 Å². The van der Waals surface area contributed by atoms with Crippen molar-refractivity contribution in [1.82, 2.24) is 4.98 Å². The molecule has 2 N–H and O–H groups in total. The number of nitrogens with zero attached hydrogens (tertiary/aromatic N) is 2. The zero-order chi connectivity index (χ0) is 19.4. The van der Waals surface area contributed by atoms with Crippen molar-refractivity contribution in [2.45, 2.75) is 32.7 Å². The highest BCUT2D eigenvalue weighted by molar-refractivity contribution is 5.97. The zero-order valence-electron chi connectivity index (χ0n) is 15.8. The van der Waals surface area contributed by atoms with Crippen LogP contribution >= 0.6 is 0 Å². The summed E-state index contributed by atoms with van der Waals surface area (Å²) in [5.74, 6) is -0.448. The fraction of sp³-hybridized carbons (Fsp3) is 0.381. The zero-order valence-corrected chi connectivity index (χ0v) is 15.8. The van der Waals surface area contributed by atoms with Crippen molar-refractivity contribution in [1.29, 1.82) is 0 Å². The number of amides is 1. The van der Waals surface area contributed by atoms with E-state index >= 15 is 0 Å². The Balaban J connectivity index is 2.09. The van der Waals surface area contributed by atoms with Crippen molar-refractivity contribution < 1.29 is 14.3 Å². The number of nitrogens with two attached hydrogens (primary N) is 1. The minimum Gasteiger partial charge on any atom is -0.381 e. The van der Waals surface area contributed by atoms with Crippen LogP contribution in [0.5, 0.6) is 0 Å². The van der Waals surface area contributed by atoms with Crippen LogP contribution in [0.25, 0.3) is 11.1 Å². The number of ether oxygens (including phenoxy) is 1. The molecule has 1 fully saturated rings. The third-order valence-electron chi connectivity index (χ3n) is 5.17. The number of carbonyl (C=O) groups is 2. The lowest BCUT2D eigenvalue weighted by atomic mass is 9.96. The average molecular weight is 367 g/mol. The maximum atomic E-state index is 12.1. The second kappa shape index (κ2) is 8.31. The van der Waals surface area contributed by atoms with E-state index in [4.69, 9.17) is 10.5 Å². The van der Waals surface area contributed by atoms with E-state index < -0.39 is 5.91 Å². The van der Waals surface area contributed by atoms with Gasteiger partial charge in [0.2, 0.25) is 5.91 Å². The molecule has 0 aliphatic carbocycles. The predicted octanol–water partition coefficient (Wildman–Crippen LogP) is 2.97. The second-order valence-corrected chi connectivity index (χ2v) is 6.75. The normalized spacial score (nSPS) is 14.7. The number of carbonyl (C=O) groups excluding carboxylic acids is 2. The number of aromatic nitrogens is 1. The van der Waals surface area contributed by atoms with E-state index in [1.54, 1.807) is 18.3 Å². The molecule has 0 atom stereocenters. The number of hydrogen-bond donors (Lipinski definition) is 1. The van der Waals surface area contributed by atoms with Crippen LogP contribution in [0.1, 0.15) is 46.2 Å². The molecule has 0 unspecified atom stereocenters. The fourth-order valence-corrected chi connectivity index (χ4v) is 3.69. The SMILES string of the molecule is CCN(c1cc(-c2ccc(C=O)nc2)cc(C(N)=O)c1C)C1CCOCC1. The lowest BCUT2D eigenvalue weighted by Gasteiger charge is -2.36. The van der Waals surface area contributed by atoms with Gasteiger partial charge in [-0.25, -0.2) is 0 Å². The van der Waals surface area contributed by atoms with Gasteiger partial charge in [-0.2, -0.15) is 0 Å². The molecule has 1 aliphatic rings. The Bertz CT molecular complexity index is 827. The van der Waals surface area contributed by atoms with Gasteiger partial charge in [-0.1, -0.05) is 6.07 Å². The van der Waals surface area contributed by atoms with Crippen molar-refractivity contribution in [2.75, 3.05) is 24.7 Å². The van der Waals surface area contributed by atoms with E-state index in [1.807, 2.05) is 13.0 Å². The summed E-state index contributed by atoms with van der Waals surface area (Å²) in [6, 6.07) is 7.76. The first-order valence-electron chi connectivity index (χ1n) is 9.25. The molecule has 6 nitrogen and oxygen atoms in total. The first-order chi connectivity index (χ1) is 13.0. The highest BCUT2D eigenvalue weighted by atomic mass is 16.5. The van der Waals surface area contributed by atoms with Crippen LogP contribution in [0, 0.1) is 6.92 Å². The quantitative estimate of drug-likeness (QED) is 0.794. The molecule has 1 saturated heterocycles. The van der Waals surface area contributed by atoms with E-state index in [0.29, 0.717) is 23.6 Å². The maximum absolute atomic E-state index is 12.1. The van der Waals surface area contributed by atoms with Crippen LogP contribution in [-0.4, -0.2) is 43.0 Å². The first kappa shape index (κ1) is 19.0. The van der Waals surface area contributed by atoms with Gasteiger partial charge in [0.05, 0.1) is 0 Å². The summed E-state index contributed by atoms with van der Waals surface area (Å²) < 4.78 is 5.50. The van der Waals surface area contributed by atoms with Gasteiger partial charge >= 0.3 is 0 Å². The number of anilines is 1. The van der Waals surface area contributed by atoms with Crippen molar-refractivity contribution in [3.8, 4) is 11.1 Å². The molecule has 1 aromatic heterocycles. The van der Waals surface area contributed by atoms with Crippen LogP contribution in [-0.2, 0) is 4.74 Å². The lowest BCUT2D eigenvalue weighted by Crippen LogP contribution is -2.40. The Morgan fingerprint density at radius 3 is 2.59 bits per heavy atom. The number of hydrogen-bond acceptors (Lipinski definition) is 5. The van der Waals surface area contributed by atoms with Gasteiger partial charge in [-0.05, 0) is 56.0 Å². The summed E-state index contributed by atoms with van der Waals surface area (Å²) >= 11 is 0. The molecule has 6 heteroatoms. The summed E-state index contributed by atoms with van der Waals surface area (Å²) in [6.07, 6.45) is 4.27. The van der Waals surface area contributed by atoms with Gasteiger partial charge in [0.25, 0.3) is 0 Å². The minimum atomic E-state index is -0.448. The Morgan fingerprint density at radius 1 is 1.30 bits per heavy atom. The van der Waals surface area contributed by atoms with E-state index in [2.05, 4.69) is 22.9 Å². The van der Waals surface area contributed by atoms with E-state index in [-0.39, 0.29) is 0 Å². The number of aldehydes is 1. The van der Waals surface area contributed by atoms with Gasteiger partial charge in [0.15, 0.2) is 6.29 Å². The van der Waals surface area contributed by atoms with Gasteiger partial charge < -0.3 is 15.4 Å². The number of primary amides is 1. The molecule has 0 radical (unpaired) electrons. The van der Waals surface area contributed by atoms with Crippen molar-refractivity contribution in [2.24, 2.45) is 5.73 Å². The molecule has 3 rings (SSSR count). The largest absolute Gasteiger partial charge is 0.381 e. The monoisotopic (exact) mass is 367 g/mol. The smallest absolute Gasteiger partial charge is 0.249 e. The molecular weight excluding hydrogens is 342 g/mol. The van der Waals surface area contributed by atoms with Crippen molar-refractivity contribution in [3.63, 3.8) is 0 Å². The Hall–Kier alpha value is -2.73. The molecule has 2 heterocycles. The molecular formula is C21H25N3O3. The molecule has 27 heavy (non-hydrogen) atoms. The Labute approximate surface area is 159 Å². The maximum Gasteiger partial charge on any atom is 0.249 e. The summed E-state index contributed by atoms with van der Waals surface area (Å²) in [7, 11) is 0. The Kier molecular flexibility index (Phi) is 5.86. The van der Waals surface area contributed by atoms with Gasteiger partial charge in [-0.3, -0.25) is 14.6 Å². The molecule has 0 bridgehead atoms. The Morgan fingerprint density at radius 2 is 2.04 bits per heavy atom. The summed E-state index contributed by atoms with van der Waals surface area (Å²) in [6.45, 7) is 6.38. The number of benzene rings is 1. The van der Waals surface area contributed by atoms with E-state index in [0.717, 1.165) is 55.0 Å². The molecule has 0 saturated carbocycles. The molecule has 1 aromatic carbocycles. The predicted molar refractivity (Wildman–Crippen MR) is 105 cm³/mol.